The Hall–Kier alpha value is -1.66. The van der Waals surface area contributed by atoms with E-state index < -0.39 is 12.1 Å². The number of carbonyl (C=O) groups is 2. The van der Waals surface area contributed by atoms with Crippen molar-refractivity contribution in [1.29, 1.82) is 0 Å². The number of rotatable bonds is 54. The Kier molecular flexibility index (Phi) is 53.5. The molecule has 2 unspecified atom stereocenters. The highest BCUT2D eigenvalue weighted by Gasteiger charge is 2.20. The second-order valence-corrected chi connectivity index (χ2v) is 20.0. The van der Waals surface area contributed by atoms with Crippen molar-refractivity contribution in [1.82, 2.24) is 5.32 Å². The number of aliphatic hydroxyl groups is 2. The number of carbonyl (C=O) groups excluding carboxylic acids is 2. The smallest absolute Gasteiger partial charge is 0.305 e. The van der Waals surface area contributed by atoms with E-state index in [0.29, 0.717) is 25.9 Å². The standard InChI is InChI=1S/C59H113NO5/c1-3-5-7-9-11-13-15-16-25-29-33-37-41-45-49-53-59(64)65-54-50-46-42-38-34-30-27-24-22-20-18-17-19-21-23-26-28-32-36-40-44-48-52-58(63)60-56(55-61)57(62)51-47-43-39-35-31-14-12-10-8-6-4-2/h16,19,21,25,56-57,61-62H,3-15,17-18,20,22-24,26-55H2,1-2H3,(H,60,63)/b21-19-,25-16-. The van der Waals surface area contributed by atoms with E-state index in [4.69, 9.17) is 4.74 Å². The number of esters is 1. The normalized spacial score (nSPS) is 12.7. The average molecular weight is 917 g/mol. The van der Waals surface area contributed by atoms with Crippen LogP contribution < -0.4 is 5.32 Å². The van der Waals surface area contributed by atoms with Crippen LogP contribution in [0.1, 0.15) is 316 Å². The zero-order chi connectivity index (χ0) is 47.2. The molecule has 6 nitrogen and oxygen atoms in total. The summed E-state index contributed by atoms with van der Waals surface area (Å²) in [4.78, 5) is 24.5. The Morgan fingerprint density at radius 3 is 1.09 bits per heavy atom. The van der Waals surface area contributed by atoms with Crippen molar-refractivity contribution < 1.29 is 24.5 Å². The van der Waals surface area contributed by atoms with E-state index >= 15 is 0 Å². The molecule has 0 rings (SSSR count). The highest BCUT2D eigenvalue weighted by Crippen LogP contribution is 2.17. The highest BCUT2D eigenvalue weighted by molar-refractivity contribution is 5.76. The topological polar surface area (TPSA) is 95.9 Å². The van der Waals surface area contributed by atoms with Crippen molar-refractivity contribution in [2.75, 3.05) is 13.2 Å². The van der Waals surface area contributed by atoms with E-state index in [0.717, 1.165) is 44.9 Å². The second kappa shape index (κ2) is 54.9. The number of aliphatic hydroxyl groups excluding tert-OH is 2. The molecule has 0 radical (unpaired) electrons. The number of hydrogen-bond donors (Lipinski definition) is 3. The SMILES string of the molecule is CCCCCCCC/C=C\CCCCCCCC(=O)OCCCCCCCCCCCCC/C=C\CCCCCCCCCC(=O)NC(CO)C(O)CCCCCCCCCCCCC. The van der Waals surface area contributed by atoms with Crippen LogP contribution in [0.3, 0.4) is 0 Å². The molecule has 0 heterocycles. The van der Waals surface area contributed by atoms with Gasteiger partial charge in [-0.2, -0.15) is 0 Å². The zero-order valence-electron chi connectivity index (χ0n) is 43.7. The van der Waals surface area contributed by atoms with E-state index in [1.54, 1.807) is 0 Å². The predicted octanol–water partition coefficient (Wildman–Crippen LogP) is 17.9. The van der Waals surface area contributed by atoms with Crippen LogP contribution in [0, 0.1) is 0 Å². The van der Waals surface area contributed by atoms with Crippen LogP contribution in [0.4, 0.5) is 0 Å². The minimum atomic E-state index is -0.667. The largest absolute Gasteiger partial charge is 0.466 e. The molecule has 0 saturated heterocycles. The van der Waals surface area contributed by atoms with Gasteiger partial charge < -0.3 is 20.3 Å². The first kappa shape index (κ1) is 63.3. The van der Waals surface area contributed by atoms with E-state index in [1.165, 1.54) is 238 Å². The van der Waals surface area contributed by atoms with Crippen molar-refractivity contribution >= 4 is 11.9 Å². The molecule has 65 heavy (non-hydrogen) atoms. The third-order valence-electron chi connectivity index (χ3n) is 13.5. The maximum absolute atomic E-state index is 12.4. The number of ether oxygens (including phenoxy) is 1. The van der Waals surface area contributed by atoms with Crippen LogP contribution in [0.2, 0.25) is 0 Å². The molecule has 0 saturated carbocycles. The first-order valence-corrected chi connectivity index (χ1v) is 29.1. The van der Waals surface area contributed by atoms with Crippen LogP contribution in [0.15, 0.2) is 24.3 Å². The molecule has 0 spiro atoms. The number of allylic oxidation sites excluding steroid dienone is 4. The molecule has 0 fully saturated rings. The van der Waals surface area contributed by atoms with Gasteiger partial charge in [0.2, 0.25) is 5.91 Å². The maximum atomic E-state index is 12.4. The van der Waals surface area contributed by atoms with Crippen LogP contribution >= 0.6 is 0 Å². The minimum Gasteiger partial charge on any atom is -0.466 e. The van der Waals surface area contributed by atoms with Crippen LogP contribution in [0.5, 0.6) is 0 Å². The van der Waals surface area contributed by atoms with E-state index in [9.17, 15) is 19.8 Å². The van der Waals surface area contributed by atoms with Crippen molar-refractivity contribution in [3.63, 3.8) is 0 Å². The van der Waals surface area contributed by atoms with Gasteiger partial charge in [0.15, 0.2) is 0 Å². The molecule has 6 heteroatoms. The summed E-state index contributed by atoms with van der Waals surface area (Å²) in [5, 5.41) is 23.2. The molecule has 0 aromatic heterocycles. The number of unbranched alkanes of at least 4 members (excludes halogenated alkanes) is 39. The van der Waals surface area contributed by atoms with Gasteiger partial charge in [-0.15, -0.1) is 0 Å². The first-order chi connectivity index (χ1) is 32.0. The van der Waals surface area contributed by atoms with Gasteiger partial charge in [-0.3, -0.25) is 9.59 Å². The van der Waals surface area contributed by atoms with Crippen molar-refractivity contribution in [3.8, 4) is 0 Å². The average Bonchev–Trinajstić information content (AvgIpc) is 3.31. The zero-order valence-corrected chi connectivity index (χ0v) is 43.7. The molecule has 384 valence electrons. The lowest BCUT2D eigenvalue weighted by molar-refractivity contribution is -0.143. The van der Waals surface area contributed by atoms with Gasteiger partial charge in [0.1, 0.15) is 0 Å². The molecule has 0 aromatic rings. The Balaban J connectivity index is 3.40. The van der Waals surface area contributed by atoms with Gasteiger partial charge in [0.25, 0.3) is 0 Å². The Morgan fingerprint density at radius 2 is 0.723 bits per heavy atom. The summed E-state index contributed by atoms with van der Waals surface area (Å²) < 4.78 is 5.48. The van der Waals surface area contributed by atoms with Crippen LogP contribution in [-0.2, 0) is 14.3 Å². The Morgan fingerprint density at radius 1 is 0.415 bits per heavy atom. The second-order valence-electron chi connectivity index (χ2n) is 20.0. The molecule has 0 aliphatic heterocycles. The molecule has 2 atom stereocenters. The number of amides is 1. The maximum Gasteiger partial charge on any atom is 0.305 e. The molecular formula is C59H113NO5. The van der Waals surface area contributed by atoms with Gasteiger partial charge in [-0.25, -0.2) is 0 Å². The third-order valence-corrected chi connectivity index (χ3v) is 13.5. The van der Waals surface area contributed by atoms with Crippen LogP contribution in [0.25, 0.3) is 0 Å². The molecule has 0 bridgehead atoms. The molecule has 0 aromatic carbocycles. The third kappa shape index (κ3) is 51.6. The molecule has 1 amide bonds. The monoisotopic (exact) mass is 916 g/mol. The quantitative estimate of drug-likeness (QED) is 0.0321. The molecular weight excluding hydrogens is 803 g/mol. The van der Waals surface area contributed by atoms with Crippen LogP contribution in [-0.4, -0.2) is 47.4 Å². The predicted molar refractivity (Wildman–Crippen MR) is 283 cm³/mol. The van der Waals surface area contributed by atoms with Gasteiger partial charge in [0, 0.05) is 12.8 Å². The first-order valence-electron chi connectivity index (χ1n) is 29.1. The summed E-state index contributed by atoms with van der Waals surface area (Å²) in [6.45, 7) is 4.94. The van der Waals surface area contributed by atoms with Crippen molar-refractivity contribution in [2.45, 2.75) is 328 Å². The fourth-order valence-electron chi connectivity index (χ4n) is 8.98. The summed E-state index contributed by atoms with van der Waals surface area (Å²) in [5.74, 6) is -0.0406. The Labute approximate surface area is 405 Å². The lowest BCUT2D eigenvalue weighted by atomic mass is 10.0. The lowest BCUT2D eigenvalue weighted by Crippen LogP contribution is -2.45. The van der Waals surface area contributed by atoms with E-state index in [1.807, 2.05) is 0 Å². The molecule has 0 aliphatic rings. The van der Waals surface area contributed by atoms with Gasteiger partial charge in [-0.1, -0.05) is 250 Å². The fraction of sp³-hybridized carbons (Fsp3) is 0.898. The van der Waals surface area contributed by atoms with Gasteiger partial charge in [0.05, 0.1) is 25.4 Å². The summed E-state index contributed by atoms with van der Waals surface area (Å²) in [6.07, 6.45) is 66.0. The van der Waals surface area contributed by atoms with Gasteiger partial charge >= 0.3 is 5.97 Å². The van der Waals surface area contributed by atoms with Gasteiger partial charge in [-0.05, 0) is 77.0 Å². The number of nitrogens with one attached hydrogen (secondary N) is 1. The van der Waals surface area contributed by atoms with E-state index in [-0.39, 0.29) is 18.5 Å². The molecule has 3 N–H and O–H groups in total. The summed E-state index contributed by atoms with van der Waals surface area (Å²) in [7, 11) is 0. The summed E-state index contributed by atoms with van der Waals surface area (Å²) >= 11 is 0. The lowest BCUT2D eigenvalue weighted by Gasteiger charge is -2.22. The fourth-order valence-corrected chi connectivity index (χ4v) is 8.98. The Bertz CT molecular complexity index is 1010. The molecule has 0 aliphatic carbocycles. The summed E-state index contributed by atoms with van der Waals surface area (Å²) in [5.41, 5.74) is 0. The minimum absolute atomic E-state index is 0.00205. The highest BCUT2D eigenvalue weighted by atomic mass is 16.5. The van der Waals surface area contributed by atoms with E-state index in [2.05, 4.69) is 43.5 Å². The number of hydrogen-bond acceptors (Lipinski definition) is 5. The van der Waals surface area contributed by atoms with Crippen molar-refractivity contribution in [3.05, 3.63) is 24.3 Å². The van der Waals surface area contributed by atoms with Crippen molar-refractivity contribution in [2.24, 2.45) is 0 Å². The summed E-state index contributed by atoms with van der Waals surface area (Å²) in [6, 6.07) is -0.545.